The van der Waals surface area contributed by atoms with Gasteiger partial charge in [0.15, 0.2) is 5.13 Å². The number of amides is 1. The van der Waals surface area contributed by atoms with Crippen molar-refractivity contribution in [1.82, 2.24) is 14.2 Å². The fourth-order valence-corrected chi connectivity index (χ4v) is 6.71. The van der Waals surface area contributed by atoms with Crippen molar-refractivity contribution in [2.24, 2.45) is 0 Å². The van der Waals surface area contributed by atoms with Crippen LogP contribution in [0.4, 0.5) is 5.13 Å². The minimum atomic E-state index is -3.69. The highest BCUT2D eigenvalue weighted by atomic mass is 32.2. The van der Waals surface area contributed by atoms with E-state index in [9.17, 15) is 13.2 Å². The standard InChI is InChI=1S/C26H30N4O3S2/c1-5-11-30(12-6-2)35(32,33)22-9-7-21(8-10-22)25(31)28-13-15-29(16-14-28)26-27-23-18-19(3)17-20(4)24(23)34-26/h5-10,17-18H,1-2,11-16H2,3-4H3. The average molecular weight is 511 g/mol. The highest BCUT2D eigenvalue weighted by Gasteiger charge is 2.26. The van der Waals surface area contributed by atoms with Crippen LogP contribution in [-0.4, -0.2) is 67.8 Å². The summed E-state index contributed by atoms with van der Waals surface area (Å²) in [5.74, 6) is -0.0987. The summed E-state index contributed by atoms with van der Waals surface area (Å²) in [4.78, 5) is 22.1. The molecule has 0 aliphatic carbocycles. The van der Waals surface area contributed by atoms with Crippen molar-refractivity contribution in [2.45, 2.75) is 18.7 Å². The van der Waals surface area contributed by atoms with Crippen LogP contribution >= 0.6 is 11.3 Å². The molecule has 1 saturated heterocycles. The molecule has 1 amide bonds. The summed E-state index contributed by atoms with van der Waals surface area (Å²) < 4.78 is 28.3. The molecule has 0 spiro atoms. The fraction of sp³-hybridized carbons (Fsp3) is 0.308. The molecule has 0 radical (unpaired) electrons. The number of thiazole rings is 1. The Morgan fingerprint density at radius 1 is 1.06 bits per heavy atom. The molecule has 0 unspecified atom stereocenters. The predicted octanol–water partition coefficient (Wildman–Crippen LogP) is 4.24. The number of carbonyl (C=O) groups is 1. The lowest BCUT2D eigenvalue weighted by Crippen LogP contribution is -2.48. The number of rotatable bonds is 8. The number of anilines is 1. The summed E-state index contributed by atoms with van der Waals surface area (Å²) in [5, 5.41) is 0.985. The lowest BCUT2D eigenvalue weighted by Gasteiger charge is -2.34. The van der Waals surface area contributed by atoms with Gasteiger partial charge in [0.05, 0.1) is 15.1 Å². The van der Waals surface area contributed by atoms with Crippen LogP contribution in [-0.2, 0) is 10.0 Å². The number of hydrogen-bond acceptors (Lipinski definition) is 6. The average Bonchev–Trinajstić information content (AvgIpc) is 3.28. The summed E-state index contributed by atoms with van der Waals surface area (Å²) in [6, 6.07) is 10.4. The van der Waals surface area contributed by atoms with E-state index in [0.29, 0.717) is 31.7 Å². The first-order valence-corrected chi connectivity index (χ1v) is 13.7. The van der Waals surface area contributed by atoms with E-state index >= 15 is 0 Å². The maximum atomic E-state index is 13.1. The van der Waals surface area contributed by atoms with Crippen LogP contribution < -0.4 is 4.90 Å². The third-order valence-electron chi connectivity index (χ3n) is 6.05. The molecule has 35 heavy (non-hydrogen) atoms. The second-order valence-corrected chi connectivity index (χ2v) is 11.5. The van der Waals surface area contributed by atoms with Crippen LogP contribution in [0.1, 0.15) is 21.5 Å². The minimum absolute atomic E-state index is 0.0987. The molecule has 1 aliphatic heterocycles. The highest BCUT2D eigenvalue weighted by Crippen LogP contribution is 2.32. The monoisotopic (exact) mass is 510 g/mol. The second-order valence-electron chi connectivity index (χ2n) is 8.63. The zero-order valence-electron chi connectivity index (χ0n) is 20.1. The lowest BCUT2D eigenvalue weighted by atomic mass is 10.1. The van der Waals surface area contributed by atoms with Crippen molar-refractivity contribution >= 4 is 42.6 Å². The number of nitrogens with zero attached hydrogens (tertiary/aromatic N) is 4. The molecule has 0 saturated carbocycles. The van der Waals surface area contributed by atoms with E-state index in [0.717, 1.165) is 10.6 Å². The summed E-state index contributed by atoms with van der Waals surface area (Å²) in [6.07, 6.45) is 3.07. The van der Waals surface area contributed by atoms with Crippen LogP contribution in [0.3, 0.4) is 0 Å². The van der Waals surface area contributed by atoms with E-state index in [1.807, 2.05) is 4.90 Å². The Kier molecular flexibility index (Phi) is 7.39. The molecular weight excluding hydrogens is 480 g/mol. The Hall–Kier alpha value is -3.01. The van der Waals surface area contributed by atoms with Gasteiger partial charge < -0.3 is 9.80 Å². The molecule has 0 bridgehead atoms. The minimum Gasteiger partial charge on any atom is -0.345 e. The summed E-state index contributed by atoms with van der Waals surface area (Å²) in [6.45, 7) is 14.4. The molecule has 2 heterocycles. The van der Waals surface area contributed by atoms with Gasteiger partial charge in [0.1, 0.15) is 0 Å². The van der Waals surface area contributed by atoms with Crippen LogP contribution in [0.15, 0.2) is 66.6 Å². The van der Waals surface area contributed by atoms with Gasteiger partial charge in [0, 0.05) is 44.8 Å². The topological polar surface area (TPSA) is 73.8 Å². The molecule has 1 fully saturated rings. The van der Waals surface area contributed by atoms with Gasteiger partial charge in [0.25, 0.3) is 5.91 Å². The van der Waals surface area contributed by atoms with Crippen molar-refractivity contribution in [2.75, 3.05) is 44.2 Å². The van der Waals surface area contributed by atoms with Crippen molar-refractivity contribution < 1.29 is 13.2 Å². The summed E-state index contributed by atoms with van der Waals surface area (Å²) >= 11 is 1.70. The summed E-state index contributed by atoms with van der Waals surface area (Å²) in [7, 11) is -3.69. The number of fused-ring (bicyclic) bond motifs is 1. The molecule has 0 N–H and O–H groups in total. The van der Waals surface area contributed by atoms with Gasteiger partial charge in [-0.15, -0.1) is 13.2 Å². The van der Waals surface area contributed by atoms with E-state index < -0.39 is 10.0 Å². The molecule has 0 atom stereocenters. The van der Waals surface area contributed by atoms with Crippen LogP contribution in [0.5, 0.6) is 0 Å². The lowest BCUT2D eigenvalue weighted by molar-refractivity contribution is 0.0746. The molecule has 3 aromatic rings. The van der Waals surface area contributed by atoms with Gasteiger partial charge in [-0.05, 0) is 55.3 Å². The van der Waals surface area contributed by atoms with E-state index in [1.165, 1.54) is 44.4 Å². The number of carbonyl (C=O) groups excluding carboxylic acids is 1. The third-order valence-corrected chi connectivity index (χ3v) is 9.16. The van der Waals surface area contributed by atoms with Gasteiger partial charge in [-0.1, -0.05) is 29.6 Å². The Bertz CT molecular complexity index is 1350. The predicted molar refractivity (Wildman–Crippen MR) is 143 cm³/mol. The highest BCUT2D eigenvalue weighted by molar-refractivity contribution is 7.89. The number of hydrogen-bond donors (Lipinski definition) is 0. The smallest absolute Gasteiger partial charge is 0.253 e. The van der Waals surface area contributed by atoms with Crippen LogP contribution in [0, 0.1) is 13.8 Å². The molecule has 1 aliphatic rings. The number of piperazine rings is 1. The SMILES string of the molecule is C=CCN(CC=C)S(=O)(=O)c1ccc(C(=O)N2CCN(c3nc4cc(C)cc(C)c4s3)CC2)cc1. The Morgan fingerprint density at radius 2 is 1.69 bits per heavy atom. The maximum Gasteiger partial charge on any atom is 0.253 e. The quantitative estimate of drug-likeness (QED) is 0.424. The van der Waals surface area contributed by atoms with Gasteiger partial charge >= 0.3 is 0 Å². The number of sulfonamides is 1. The molecule has 7 nitrogen and oxygen atoms in total. The maximum absolute atomic E-state index is 13.1. The zero-order chi connectivity index (χ0) is 25.2. The number of aryl methyl sites for hydroxylation is 2. The van der Waals surface area contributed by atoms with E-state index in [-0.39, 0.29) is 23.9 Å². The van der Waals surface area contributed by atoms with Crippen molar-refractivity contribution in [3.8, 4) is 0 Å². The number of benzene rings is 2. The first-order valence-electron chi connectivity index (χ1n) is 11.5. The Balaban J connectivity index is 1.43. The molecular formula is C26H30N4O3S2. The van der Waals surface area contributed by atoms with E-state index in [1.54, 1.807) is 23.5 Å². The van der Waals surface area contributed by atoms with Gasteiger partial charge in [-0.25, -0.2) is 13.4 Å². The molecule has 184 valence electrons. The largest absolute Gasteiger partial charge is 0.345 e. The van der Waals surface area contributed by atoms with Crippen molar-refractivity contribution in [1.29, 1.82) is 0 Å². The van der Waals surface area contributed by atoms with Crippen LogP contribution in [0.2, 0.25) is 0 Å². The van der Waals surface area contributed by atoms with Gasteiger partial charge in [-0.2, -0.15) is 4.31 Å². The Morgan fingerprint density at radius 3 is 2.29 bits per heavy atom. The van der Waals surface area contributed by atoms with E-state index in [2.05, 4.69) is 44.0 Å². The fourth-order valence-electron chi connectivity index (χ4n) is 4.26. The number of aromatic nitrogens is 1. The Labute approximate surface area is 211 Å². The first kappa shape index (κ1) is 25.1. The normalized spacial score (nSPS) is 14.5. The van der Waals surface area contributed by atoms with Crippen molar-refractivity contribution in [3.63, 3.8) is 0 Å². The van der Waals surface area contributed by atoms with Gasteiger partial charge in [0.2, 0.25) is 10.0 Å². The third kappa shape index (κ3) is 5.17. The van der Waals surface area contributed by atoms with E-state index in [4.69, 9.17) is 4.98 Å². The second kappa shape index (κ2) is 10.3. The molecule has 2 aromatic carbocycles. The van der Waals surface area contributed by atoms with Gasteiger partial charge in [-0.3, -0.25) is 4.79 Å². The molecule has 9 heteroatoms. The molecule has 4 rings (SSSR count). The van der Waals surface area contributed by atoms with Crippen molar-refractivity contribution in [3.05, 3.63) is 78.4 Å². The zero-order valence-corrected chi connectivity index (χ0v) is 21.7. The summed E-state index contributed by atoms with van der Waals surface area (Å²) in [5.41, 5.74) is 3.94. The first-order chi connectivity index (χ1) is 16.7. The van der Waals surface area contributed by atoms with Crippen LogP contribution in [0.25, 0.3) is 10.2 Å². The molecule has 1 aromatic heterocycles.